The molecule has 1 unspecified atom stereocenters. The molecule has 0 fully saturated rings. The first kappa shape index (κ1) is 11.1. The molecule has 0 radical (unpaired) electrons. The molecule has 0 saturated heterocycles. The molecule has 0 aliphatic rings. The second-order valence-electron chi connectivity index (χ2n) is 3.08. The molecule has 0 heterocycles. The van der Waals surface area contributed by atoms with Crippen molar-refractivity contribution in [2.45, 2.75) is 12.7 Å². The minimum Gasteiger partial charge on any atom is -0.392 e. The molecule has 0 spiro atoms. The highest BCUT2D eigenvalue weighted by Gasteiger charge is 2.09. The molecular weight excluding hydrogens is 185 g/mol. The van der Waals surface area contributed by atoms with Crippen LogP contribution < -0.4 is 5.32 Å². The monoisotopic (exact) mass is 199 g/mol. The van der Waals surface area contributed by atoms with Crippen molar-refractivity contribution >= 4 is 0 Å². The Kier molecular flexibility index (Phi) is 4.00. The van der Waals surface area contributed by atoms with Crippen LogP contribution in [0.4, 0.5) is 4.39 Å². The molecule has 4 heteroatoms. The molecule has 1 aromatic rings. The van der Waals surface area contributed by atoms with Crippen LogP contribution in [0.25, 0.3) is 0 Å². The topological polar surface area (TPSA) is 52.5 Å². The van der Waals surface area contributed by atoms with Gasteiger partial charge in [-0.15, -0.1) is 0 Å². The van der Waals surface area contributed by atoms with Crippen LogP contribution in [0.5, 0.6) is 0 Å². The molecule has 3 N–H and O–H groups in total. The molecule has 0 aliphatic heterocycles. The van der Waals surface area contributed by atoms with Gasteiger partial charge in [-0.25, -0.2) is 4.39 Å². The SMILES string of the molecule is CNCC(O)c1ccc(F)c(CO)c1. The molecule has 1 atom stereocenters. The Balaban J connectivity index is 2.88. The summed E-state index contributed by atoms with van der Waals surface area (Å²) < 4.78 is 13.0. The van der Waals surface area contributed by atoms with Crippen molar-refractivity contribution in [1.82, 2.24) is 5.32 Å². The van der Waals surface area contributed by atoms with Gasteiger partial charge in [0.25, 0.3) is 0 Å². The molecule has 0 aliphatic carbocycles. The average Bonchev–Trinajstić information content (AvgIpc) is 2.19. The number of nitrogens with one attached hydrogen (secondary N) is 1. The Morgan fingerprint density at radius 2 is 2.21 bits per heavy atom. The summed E-state index contributed by atoms with van der Waals surface area (Å²) in [6, 6.07) is 4.23. The molecule has 1 aromatic carbocycles. The van der Waals surface area contributed by atoms with E-state index >= 15 is 0 Å². The van der Waals surface area contributed by atoms with Crippen molar-refractivity contribution in [2.24, 2.45) is 0 Å². The van der Waals surface area contributed by atoms with Crippen LogP contribution in [-0.2, 0) is 6.61 Å². The lowest BCUT2D eigenvalue weighted by Gasteiger charge is -2.11. The molecule has 0 saturated carbocycles. The van der Waals surface area contributed by atoms with Crippen LogP contribution in [0.2, 0.25) is 0 Å². The van der Waals surface area contributed by atoms with E-state index in [0.717, 1.165) is 0 Å². The molecular formula is C10H14FNO2. The maximum absolute atomic E-state index is 13.0. The van der Waals surface area contributed by atoms with Gasteiger partial charge in [-0.05, 0) is 24.7 Å². The first-order valence-electron chi connectivity index (χ1n) is 4.41. The number of aliphatic hydroxyl groups is 2. The lowest BCUT2D eigenvalue weighted by atomic mass is 10.1. The number of aliphatic hydroxyl groups excluding tert-OH is 2. The highest BCUT2D eigenvalue weighted by atomic mass is 19.1. The van der Waals surface area contributed by atoms with E-state index < -0.39 is 11.9 Å². The second kappa shape index (κ2) is 5.05. The van der Waals surface area contributed by atoms with E-state index in [-0.39, 0.29) is 12.2 Å². The molecule has 78 valence electrons. The van der Waals surface area contributed by atoms with Gasteiger partial charge < -0.3 is 15.5 Å². The van der Waals surface area contributed by atoms with Crippen molar-refractivity contribution < 1.29 is 14.6 Å². The molecule has 1 rings (SSSR count). The van der Waals surface area contributed by atoms with E-state index in [0.29, 0.717) is 12.1 Å². The van der Waals surface area contributed by atoms with Gasteiger partial charge in [-0.2, -0.15) is 0 Å². The summed E-state index contributed by atoms with van der Waals surface area (Å²) in [5.41, 5.74) is 0.808. The molecule has 14 heavy (non-hydrogen) atoms. The molecule has 0 bridgehead atoms. The van der Waals surface area contributed by atoms with Crippen molar-refractivity contribution in [3.05, 3.63) is 35.1 Å². The molecule has 0 amide bonds. The Morgan fingerprint density at radius 3 is 2.79 bits per heavy atom. The molecule has 3 nitrogen and oxygen atoms in total. The fourth-order valence-corrected chi connectivity index (χ4v) is 1.23. The van der Waals surface area contributed by atoms with E-state index in [4.69, 9.17) is 5.11 Å². The number of likely N-dealkylation sites (N-methyl/N-ethyl adjacent to an activating group) is 1. The van der Waals surface area contributed by atoms with Crippen LogP contribution in [0, 0.1) is 5.82 Å². The Morgan fingerprint density at radius 1 is 1.50 bits per heavy atom. The van der Waals surface area contributed by atoms with Crippen molar-refractivity contribution in [3.63, 3.8) is 0 Å². The third-order valence-electron chi connectivity index (χ3n) is 2.02. The van der Waals surface area contributed by atoms with E-state index in [1.54, 1.807) is 7.05 Å². The van der Waals surface area contributed by atoms with Gasteiger partial charge in [0, 0.05) is 12.1 Å². The van der Waals surface area contributed by atoms with Gasteiger partial charge in [0.15, 0.2) is 0 Å². The smallest absolute Gasteiger partial charge is 0.128 e. The lowest BCUT2D eigenvalue weighted by molar-refractivity contribution is 0.177. The zero-order valence-corrected chi connectivity index (χ0v) is 8.00. The van der Waals surface area contributed by atoms with E-state index in [1.807, 2.05) is 0 Å². The van der Waals surface area contributed by atoms with Crippen LogP contribution in [0.3, 0.4) is 0 Å². The minimum absolute atomic E-state index is 0.206. The number of hydrogen-bond acceptors (Lipinski definition) is 3. The summed E-state index contributed by atoms with van der Waals surface area (Å²) in [5.74, 6) is -0.451. The van der Waals surface area contributed by atoms with E-state index in [2.05, 4.69) is 5.32 Å². The van der Waals surface area contributed by atoms with Gasteiger partial charge >= 0.3 is 0 Å². The zero-order valence-electron chi connectivity index (χ0n) is 8.00. The van der Waals surface area contributed by atoms with Crippen LogP contribution >= 0.6 is 0 Å². The predicted octanol–water partition coefficient (Wildman–Crippen LogP) is 0.571. The van der Waals surface area contributed by atoms with Crippen LogP contribution in [0.1, 0.15) is 17.2 Å². The largest absolute Gasteiger partial charge is 0.392 e. The highest BCUT2D eigenvalue weighted by molar-refractivity contribution is 5.26. The van der Waals surface area contributed by atoms with Gasteiger partial charge in [0.1, 0.15) is 5.82 Å². The zero-order chi connectivity index (χ0) is 10.6. The molecule has 0 aromatic heterocycles. The van der Waals surface area contributed by atoms with Crippen LogP contribution in [0.15, 0.2) is 18.2 Å². The number of halogens is 1. The standard InChI is InChI=1S/C10H14FNO2/c1-12-5-10(14)7-2-3-9(11)8(4-7)6-13/h2-4,10,12-14H,5-6H2,1H3. The summed E-state index contributed by atoms with van der Waals surface area (Å²) in [4.78, 5) is 0. The van der Waals surface area contributed by atoms with Gasteiger partial charge in [-0.3, -0.25) is 0 Å². The van der Waals surface area contributed by atoms with Gasteiger partial charge in [-0.1, -0.05) is 6.07 Å². The fraction of sp³-hybridized carbons (Fsp3) is 0.400. The van der Waals surface area contributed by atoms with Gasteiger partial charge in [0.05, 0.1) is 12.7 Å². The third-order valence-corrected chi connectivity index (χ3v) is 2.02. The second-order valence-corrected chi connectivity index (χ2v) is 3.08. The third kappa shape index (κ3) is 2.51. The number of hydrogen-bond donors (Lipinski definition) is 3. The maximum Gasteiger partial charge on any atom is 0.128 e. The van der Waals surface area contributed by atoms with Crippen molar-refractivity contribution in [3.8, 4) is 0 Å². The number of rotatable bonds is 4. The Hall–Kier alpha value is -0.970. The quantitative estimate of drug-likeness (QED) is 0.664. The first-order valence-corrected chi connectivity index (χ1v) is 4.41. The first-order chi connectivity index (χ1) is 6.69. The predicted molar refractivity (Wildman–Crippen MR) is 51.2 cm³/mol. The maximum atomic E-state index is 13.0. The summed E-state index contributed by atoms with van der Waals surface area (Å²) in [6.07, 6.45) is -0.675. The minimum atomic E-state index is -0.675. The van der Waals surface area contributed by atoms with Crippen molar-refractivity contribution in [2.75, 3.05) is 13.6 Å². The average molecular weight is 199 g/mol. The normalized spacial score (nSPS) is 12.9. The van der Waals surface area contributed by atoms with Gasteiger partial charge in [0.2, 0.25) is 0 Å². The van der Waals surface area contributed by atoms with Crippen LogP contribution in [-0.4, -0.2) is 23.8 Å². The van der Waals surface area contributed by atoms with Crippen molar-refractivity contribution in [1.29, 1.82) is 0 Å². The van der Waals surface area contributed by atoms with E-state index in [9.17, 15) is 9.50 Å². The highest BCUT2D eigenvalue weighted by Crippen LogP contribution is 2.16. The number of benzene rings is 1. The summed E-state index contributed by atoms with van der Waals surface area (Å²) in [5, 5.41) is 21.2. The van der Waals surface area contributed by atoms with E-state index in [1.165, 1.54) is 18.2 Å². The fourth-order valence-electron chi connectivity index (χ4n) is 1.23. The lowest BCUT2D eigenvalue weighted by Crippen LogP contribution is -2.16. The summed E-state index contributed by atoms with van der Waals surface area (Å²) in [6.45, 7) is 0.0441. The summed E-state index contributed by atoms with van der Waals surface area (Å²) >= 11 is 0. The summed E-state index contributed by atoms with van der Waals surface area (Å²) in [7, 11) is 1.72. The Labute approximate surface area is 82.2 Å². The Bertz CT molecular complexity index is 304.